The van der Waals surface area contributed by atoms with Crippen LogP contribution in [0.1, 0.15) is 12.5 Å². The fourth-order valence-corrected chi connectivity index (χ4v) is 3.64. The zero-order valence-electron chi connectivity index (χ0n) is 11.3. The molecule has 2 rings (SSSR count). The van der Waals surface area contributed by atoms with Gasteiger partial charge >= 0.3 is 0 Å². The van der Waals surface area contributed by atoms with Crippen LogP contribution in [0.5, 0.6) is 0 Å². The third kappa shape index (κ3) is 1.92. The van der Waals surface area contributed by atoms with Gasteiger partial charge in [-0.25, -0.2) is 8.42 Å². The van der Waals surface area contributed by atoms with Crippen LogP contribution in [-0.4, -0.2) is 44.7 Å². The molecular formula is C13H16N2O3S. The Kier molecular flexibility index (Phi) is 3.14. The molecule has 0 fully saturated rings. The van der Waals surface area contributed by atoms with Gasteiger partial charge < -0.3 is 4.90 Å². The average Bonchev–Trinajstić information content (AvgIpc) is 2.37. The highest BCUT2D eigenvalue weighted by atomic mass is 32.2. The van der Waals surface area contributed by atoms with Crippen molar-refractivity contribution in [3.8, 4) is 0 Å². The van der Waals surface area contributed by atoms with E-state index in [-0.39, 0.29) is 16.5 Å². The molecule has 1 aromatic carbocycles. The van der Waals surface area contributed by atoms with Gasteiger partial charge in [0.15, 0.2) is 0 Å². The van der Waals surface area contributed by atoms with E-state index in [2.05, 4.69) is 0 Å². The molecule has 19 heavy (non-hydrogen) atoms. The summed E-state index contributed by atoms with van der Waals surface area (Å²) in [5.74, 6) is -0.321. The van der Waals surface area contributed by atoms with Crippen molar-refractivity contribution >= 4 is 21.5 Å². The zero-order valence-corrected chi connectivity index (χ0v) is 12.2. The second kappa shape index (κ2) is 4.38. The van der Waals surface area contributed by atoms with Crippen LogP contribution >= 0.6 is 0 Å². The number of carbonyl (C=O) groups excluding carboxylic acids is 1. The molecule has 0 spiro atoms. The zero-order chi connectivity index (χ0) is 14.4. The maximum atomic E-state index is 12.4. The molecule has 0 saturated carbocycles. The quantitative estimate of drug-likeness (QED) is 0.775. The van der Waals surface area contributed by atoms with Gasteiger partial charge in [-0.15, -0.1) is 0 Å². The van der Waals surface area contributed by atoms with Gasteiger partial charge in [-0.05, 0) is 18.6 Å². The highest BCUT2D eigenvalue weighted by molar-refractivity contribution is 7.89. The van der Waals surface area contributed by atoms with E-state index in [1.807, 2.05) is 0 Å². The number of sulfonamides is 1. The first-order valence-corrected chi connectivity index (χ1v) is 7.23. The second-order valence-electron chi connectivity index (χ2n) is 4.64. The third-order valence-corrected chi connectivity index (χ3v) is 5.02. The Hall–Kier alpha value is -1.82. The number of amides is 1. The molecule has 0 radical (unpaired) electrons. The van der Waals surface area contributed by atoms with Gasteiger partial charge in [-0.2, -0.15) is 0 Å². The summed E-state index contributed by atoms with van der Waals surface area (Å²) in [7, 11) is 0.956. The summed E-state index contributed by atoms with van der Waals surface area (Å²) in [5, 5.41) is 0. The summed E-state index contributed by atoms with van der Waals surface area (Å²) in [5.41, 5.74) is 1.46. The number of fused-ring (bicyclic) bond motifs is 1. The van der Waals surface area contributed by atoms with Crippen LogP contribution in [0.3, 0.4) is 0 Å². The van der Waals surface area contributed by atoms with Gasteiger partial charge in [0.25, 0.3) is 15.9 Å². The Morgan fingerprint density at radius 3 is 2.37 bits per heavy atom. The predicted octanol–water partition coefficient (Wildman–Crippen LogP) is 1.14. The molecule has 0 bridgehead atoms. The molecule has 0 aliphatic carbocycles. The number of allylic oxidation sites excluding steroid dienone is 1. The van der Waals surface area contributed by atoms with Gasteiger partial charge in [0.2, 0.25) is 0 Å². The fourth-order valence-electron chi connectivity index (χ4n) is 2.14. The smallest absolute Gasteiger partial charge is 0.270 e. The van der Waals surface area contributed by atoms with E-state index in [1.54, 1.807) is 45.3 Å². The lowest BCUT2D eigenvalue weighted by Crippen LogP contribution is -2.39. The number of nitrogens with zero attached hydrogens (tertiary/aromatic N) is 2. The molecular weight excluding hydrogens is 264 g/mol. The van der Waals surface area contributed by atoms with Crippen molar-refractivity contribution in [1.82, 2.24) is 9.21 Å². The van der Waals surface area contributed by atoms with Gasteiger partial charge in [0, 0.05) is 26.7 Å². The summed E-state index contributed by atoms with van der Waals surface area (Å²) >= 11 is 0. The van der Waals surface area contributed by atoms with Crippen LogP contribution in [-0.2, 0) is 14.8 Å². The van der Waals surface area contributed by atoms with Crippen LogP contribution in [0.2, 0.25) is 0 Å². The SMILES string of the molecule is CC1=C(C(=O)N(C)C)N(C)S(=O)(=O)c2ccccc21. The van der Waals surface area contributed by atoms with E-state index < -0.39 is 10.0 Å². The molecule has 6 heteroatoms. The van der Waals surface area contributed by atoms with Gasteiger partial charge in [-0.3, -0.25) is 9.10 Å². The number of likely N-dealkylation sites (N-methyl/N-ethyl adjacent to an activating group) is 2. The lowest BCUT2D eigenvalue weighted by molar-refractivity contribution is -0.125. The molecule has 102 valence electrons. The summed E-state index contributed by atoms with van der Waals surface area (Å²) < 4.78 is 25.9. The lowest BCUT2D eigenvalue weighted by atomic mass is 10.0. The van der Waals surface area contributed by atoms with Crippen molar-refractivity contribution in [2.45, 2.75) is 11.8 Å². The van der Waals surface area contributed by atoms with Crippen molar-refractivity contribution in [3.05, 3.63) is 35.5 Å². The van der Waals surface area contributed by atoms with Crippen molar-refractivity contribution in [1.29, 1.82) is 0 Å². The molecule has 0 N–H and O–H groups in total. The van der Waals surface area contributed by atoms with E-state index in [0.29, 0.717) is 11.1 Å². The van der Waals surface area contributed by atoms with Crippen molar-refractivity contribution < 1.29 is 13.2 Å². The Morgan fingerprint density at radius 2 is 1.79 bits per heavy atom. The maximum absolute atomic E-state index is 12.4. The largest absolute Gasteiger partial charge is 0.343 e. The van der Waals surface area contributed by atoms with E-state index in [9.17, 15) is 13.2 Å². The average molecular weight is 280 g/mol. The molecule has 1 aromatic rings. The van der Waals surface area contributed by atoms with E-state index in [0.717, 1.165) is 4.31 Å². The Bertz CT molecular complexity index is 675. The predicted molar refractivity (Wildman–Crippen MR) is 72.7 cm³/mol. The van der Waals surface area contributed by atoms with E-state index in [1.165, 1.54) is 11.9 Å². The van der Waals surface area contributed by atoms with Crippen LogP contribution in [0, 0.1) is 0 Å². The van der Waals surface area contributed by atoms with E-state index >= 15 is 0 Å². The number of benzene rings is 1. The molecule has 1 aliphatic rings. The minimum Gasteiger partial charge on any atom is -0.343 e. The second-order valence-corrected chi connectivity index (χ2v) is 6.58. The summed E-state index contributed by atoms with van der Waals surface area (Å²) in [6.07, 6.45) is 0. The topological polar surface area (TPSA) is 57.7 Å². The number of hydrogen-bond donors (Lipinski definition) is 0. The number of rotatable bonds is 1. The molecule has 0 unspecified atom stereocenters. The Morgan fingerprint density at radius 1 is 1.21 bits per heavy atom. The van der Waals surface area contributed by atoms with Crippen LogP contribution < -0.4 is 0 Å². The van der Waals surface area contributed by atoms with Crippen molar-refractivity contribution in [2.75, 3.05) is 21.1 Å². The van der Waals surface area contributed by atoms with Crippen LogP contribution in [0.25, 0.3) is 5.57 Å². The van der Waals surface area contributed by atoms with Gasteiger partial charge in [0.1, 0.15) is 5.70 Å². The first kappa shape index (κ1) is 13.6. The monoisotopic (exact) mass is 280 g/mol. The highest BCUT2D eigenvalue weighted by Crippen LogP contribution is 2.35. The molecule has 0 atom stereocenters. The van der Waals surface area contributed by atoms with Crippen molar-refractivity contribution in [2.24, 2.45) is 0 Å². The first-order valence-electron chi connectivity index (χ1n) is 5.79. The maximum Gasteiger partial charge on any atom is 0.270 e. The molecule has 1 aliphatic heterocycles. The minimum absolute atomic E-state index is 0.198. The first-order chi connectivity index (χ1) is 8.78. The Balaban J connectivity index is 2.79. The van der Waals surface area contributed by atoms with Crippen molar-refractivity contribution in [3.63, 3.8) is 0 Å². The Labute approximate surface area is 113 Å². The summed E-state index contributed by atoms with van der Waals surface area (Å²) in [6, 6.07) is 6.72. The molecule has 0 aromatic heterocycles. The minimum atomic E-state index is -3.65. The normalized spacial score (nSPS) is 17.2. The summed E-state index contributed by atoms with van der Waals surface area (Å²) in [4.78, 5) is 13.8. The molecule has 1 heterocycles. The van der Waals surface area contributed by atoms with E-state index in [4.69, 9.17) is 0 Å². The van der Waals surface area contributed by atoms with Gasteiger partial charge in [-0.1, -0.05) is 18.2 Å². The standard InChI is InChI=1S/C13H16N2O3S/c1-9-10-7-5-6-8-11(10)19(17,18)15(4)12(9)13(16)14(2)3/h5-8H,1-4H3. The number of carbonyl (C=O) groups is 1. The summed E-state index contributed by atoms with van der Waals surface area (Å²) in [6.45, 7) is 1.76. The lowest BCUT2D eigenvalue weighted by Gasteiger charge is -2.31. The highest BCUT2D eigenvalue weighted by Gasteiger charge is 2.36. The molecule has 0 saturated heterocycles. The number of hydrogen-bond acceptors (Lipinski definition) is 3. The third-order valence-electron chi connectivity index (χ3n) is 3.21. The molecule has 1 amide bonds. The molecule has 5 nitrogen and oxygen atoms in total. The van der Waals surface area contributed by atoms with Crippen LogP contribution in [0.15, 0.2) is 34.9 Å². The van der Waals surface area contributed by atoms with Gasteiger partial charge in [0.05, 0.1) is 4.90 Å². The fraction of sp³-hybridized carbons (Fsp3) is 0.308. The van der Waals surface area contributed by atoms with Crippen LogP contribution in [0.4, 0.5) is 0 Å².